The second kappa shape index (κ2) is 8.37. The van der Waals surface area contributed by atoms with Gasteiger partial charge in [0.25, 0.3) is 5.69 Å². The van der Waals surface area contributed by atoms with Crippen LogP contribution in [-0.2, 0) is 22.7 Å². The molecular weight excluding hydrogens is 362 g/mol. The fraction of sp³-hybridized carbons (Fsp3) is 0.350. The number of hydrogen-bond donors (Lipinski definition) is 1. The van der Waals surface area contributed by atoms with Gasteiger partial charge in [-0.25, -0.2) is 0 Å². The summed E-state index contributed by atoms with van der Waals surface area (Å²) in [4.78, 5) is 25.0. The zero-order valence-electron chi connectivity index (χ0n) is 16.2. The molecule has 0 atom stereocenters. The van der Waals surface area contributed by atoms with Crippen molar-refractivity contribution in [2.75, 3.05) is 25.7 Å². The van der Waals surface area contributed by atoms with Gasteiger partial charge in [-0.1, -0.05) is 18.2 Å². The lowest BCUT2D eigenvalue weighted by Crippen LogP contribution is -2.30. The molecule has 1 heterocycles. The molecule has 3 rings (SSSR count). The number of para-hydroxylation sites is 1. The Morgan fingerprint density at radius 1 is 1.29 bits per heavy atom. The summed E-state index contributed by atoms with van der Waals surface area (Å²) in [5, 5.41) is 14.2. The van der Waals surface area contributed by atoms with Gasteiger partial charge in [-0.3, -0.25) is 19.8 Å². The zero-order valence-corrected chi connectivity index (χ0v) is 16.2. The number of benzene rings is 2. The van der Waals surface area contributed by atoms with Crippen molar-refractivity contribution in [2.45, 2.75) is 27.0 Å². The number of nitrogens with one attached hydrogen (secondary N) is 1. The minimum absolute atomic E-state index is 0.0174. The number of anilines is 1. The molecule has 0 radical (unpaired) electrons. The Balaban J connectivity index is 1.72. The number of carbonyl (C=O) groups is 1. The maximum atomic E-state index is 12.5. The van der Waals surface area contributed by atoms with Crippen molar-refractivity contribution in [1.29, 1.82) is 0 Å². The maximum Gasteiger partial charge on any atom is 0.270 e. The lowest BCUT2D eigenvalue weighted by Gasteiger charge is -2.23. The standard InChI is InChI=1S/C20H23N3O5/c1-13-5-4-6-14(2)19(13)21-18(24)10-22(3)9-15-7-17(23(25)26)8-16-11-27-12-28-20(15)16/h4-8H,9-12H2,1-3H3,(H,21,24). The Bertz CT molecular complexity index is 893. The van der Waals surface area contributed by atoms with Crippen molar-refractivity contribution in [1.82, 2.24) is 4.90 Å². The molecule has 0 saturated carbocycles. The van der Waals surface area contributed by atoms with Crippen LogP contribution in [0.3, 0.4) is 0 Å². The molecule has 0 aliphatic carbocycles. The van der Waals surface area contributed by atoms with E-state index in [1.165, 1.54) is 12.1 Å². The molecule has 0 unspecified atom stereocenters. The van der Waals surface area contributed by atoms with Crippen LogP contribution in [-0.4, -0.2) is 36.1 Å². The molecular formula is C20H23N3O5. The van der Waals surface area contributed by atoms with Crippen LogP contribution in [0.1, 0.15) is 22.3 Å². The first kappa shape index (κ1) is 19.8. The van der Waals surface area contributed by atoms with E-state index < -0.39 is 4.92 Å². The second-order valence-corrected chi connectivity index (χ2v) is 6.95. The molecule has 2 aromatic carbocycles. The normalized spacial score (nSPS) is 13.0. The van der Waals surface area contributed by atoms with Gasteiger partial charge in [0.1, 0.15) is 5.75 Å². The van der Waals surface area contributed by atoms with Crippen LogP contribution < -0.4 is 10.1 Å². The van der Waals surface area contributed by atoms with E-state index >= 15 is 0 Å². The SMILES string of the molecule is Cc1cccc(C)c1NC(=O)CN(C)Cc1cc([N+](=O)[O-])cc2c1OCOC2. The number of carbonyl (C=O) groups excluding carboxylic acids is 1. The predicted octanol–water partition coefficient (Wildman–Crippen LogP) is 3.15. The quantitative estimate of drug-likeness (QED) is 0.606. The highest BCUT2D eigenvalue weighted by molar-refractivity contribution is 5.93. The molecule has 0 spiro atoms. The van der Waals surface area contributed by atoms with Gasteiger partial charge in [-0.15, -0.1) is 0 Å². The van der Waals surface area contributed by atoms with Gasteiger partial charge < -0.3 is 14.8 Å². The third-order valence-corrected chi connectivity index (χ3v) is 4.58. The molecule has 148 valence electrons. The number of likely N-dealkylation sites (N-methyl/N-ethyl adjacent to an activating group) is 1. The van der Waals surface area contributed by atoms with E-state index in [2.05, 4.69) is 5.32 Å². The number of nitro groups is 1. The molecule has 1 N–H and O–H groups in total. The Kier molecular flexibility index (Phi) is 5.91. The maximum absolute atomic E-state index is 12.5. The lowest BCUT2D eigenvalue weighted by atomic mass is 10.1. The first-order chi connectivity index (χ1) is 13.3. The Morgan fingerprint density at radius 3 is 2.68 bits per heavy atom. The largest absolute Gasteiger partial charge is 0.467 e. The molecule has 1 aliphatic heterocycles. The minimum Gasteiger partial charge on any atom is -0.467 e. The van der Waals surface area contributed by atoms with E-state index in [9.17, 15) is 14.9 Å². The van der Waals surface area contributed by atoms with Gasteiger partial charge >= 0.3 is 0 Å². The number of nitrogens with zero attached hydrogens (tertiary/aromatic N) is 2. The average Bonchev–Trinajstić information content (AvgIpc) is 2.64. The number of rotatable bonds is 6. The summed E-state index contributed by atoms with van der Waals surface area (Å²) in [5.41, 5.74) is 4.10. The Morgan fingerprint density at radius 2 is 2.00 bits per heavy atom. The third-order valence-electron chi connectivity index (χ3n) is 4.58. The summed E-state index contributed by atoms with van der Waals surface area (Å²) in [7, 11) is 1.79. The molecule has 1 amide bonds. The van der Waals surface area contributed by atoms with Crippen LogP contribution in [0, 0.1) is 24.0 Å². The summed E-state index contributed by atoms with van der Waals surface area (Å²) in [6.45, 7) is 4.74. The molecule has 0 fully saturated rings. The van der Waals surface area contributed by atoms with E-state index in [1.807, 2.05) is 32.0 Å². The number of aryl methyl sites for hydroxylation is 2. The highest BCUT2D eigenvalue weighted by Gasteiger charge is 2.22. The van der Waals surface area contributed by atoms with Gasteiger partial charge in [0.15, 0.2) is 6.79 Å². The van der Waals surface area contributed by atoms with Crippen LogP contribution >= 0.6 is 0 Å². The van der Waals surface area contributed by atoms with Crippen molar-refractivity contribution >= 4 is 17.3 Å². The minimum atomic E-state index is -0.438. The van der Waals surface area contributed by atoms with E-state index in [1.54, 1.807) is 11.9 Å². The third kappa shape index (κ3) is 4.47. The lowest BCUT2D eigenvalue weighted by molar-refractivity contribution is -0.385. The highest BCUT2D eigenvalue weighted by Crippen LogP contribution is 2.33. The van der Waals surface area contributed by atoms with E-state index in [4.69, 9.17) is 9.47 Å². The van der Waals surface area contributed by atoms with Crippen molar-refractivity contribution in [3.63, 3.8) is 0 Å². The van der Waals surface area contributed by atoms with Crippen LogP contribution in [0.5, 0.6) is 5.75 Å². The summed E-state index contributed by atoms with van der Waals surface area (Å²) >= 11 is 0. The van der Waals surface area contributed by atoms with Gasteiger partial charge in [0, 0.05) is 35.5 Å². The molecule has 0 bridgehead atoms. The second-order valence-electron chi connectivity index (χ2n) is 6.95. The van der Waals surface area contributed by atoms with Crippen molar-refractivity contribution in [3.8, 4) is 5.75 Å². The first-order valence-electron chi connectivity index (χ1n) is 8.90. The van der Waals surface area contributed by atoms with Crippen molar-refractivity contribution in [3.05, 3.63) is 62.7 Å². The van der Waals surface area contributed by atoms with Gasteiger partial charge in [-0.05, 0) is 32.0 Å². The van der Waals surface area contributed by atoms with Crippen LogP contribution in [0.15, 0.2) is 30.3 Å². The fourth-order valence-electron chi connectivity index (χ4n) is 3.29. The average molecular weight is 385 g/mol. The van der Waals surface area contributed by atoms with Crippen LogP contribution in [0.2, 0.25) is 0 Å². The van der Waals surface area contributed by atoms with Crippen molar-refractivity contribution < 1.29 is 19.2 Å². The molecule has 0 saturated heterocycles. The van der Waals surface area contributed by atoms with Gasteiger partial charge in [-0.2, -0.15) is 0 Å². The molecule has 28 heavy (non-hydrogen) atoms. The van der Waals surface area contributed by atoms with E-state index in [0.29, 0.717) is 23.4 Å². The number of hydrogen-bond acceptors (Lipinski definition) is 6. The predicted molar refractivity (Wildman–Crippen MR) is 104 cm³/mol. The van der Waals surface area contributed by atoms with Crippen molar-refractivity contribution in [2.24, 2.45) is 0 Å². The molecule has 1 aliphatic rings. The number of fused-ring (bicyclic) bond motifs is 1. The van der Waals surface area contributed by atoms with Gasteiger partial charge in [0.2, 0.25) is 5.91 Å². The number of ether oxygens (including phenoxy) is 2. The topological polar surface area (TPSA) is 93.9 Å². The molecule has 8 nitrogen and oxygen atoms in total. The number of nitro benzene ring substituents is 1. The highest BCUT2D eigenvalue weighted by atomic mass is 16.7. The Hall–Kier alpha value is -2.97. The zero-order chi connectivity index (χ0) is 20.3. The summed E-state index contributed by atoms with van der Waals surface area (Å²) in [6.07, 6.45) is 0. The Labute approximate surface area is 163 Å². The smallest absolute Gasteiger partial charge is 0.270 e. The van der Waals surface area contributed by atoms with E-state index in [0.717, 1.165) is 16.8 Å². The summed E-state index contributed by atoms with van der Waals surface area (Å²) in [5.74, 6) is 0.447. The number of non-ortho nitro benzene ring substituents is 1. The fourth-order valence-corrected chi connectivity index (χ4v) is 3.29. The molecule has 0 aromatic heterocycles. The van der Waals surface area contributed by atoms with Crippen LogP contribution in [0.25, 0.3) is 0 Å². The first-order valence-corrected chi connectivity index (χ1v) is 8.90. The molecule has 2 aromatic rings. The summed E-state index contributed by atoms with van der Waals surface area (Å²) < 4.78 is 10.8. The van der Waals surface area contributed by atoms with E-state index in [-0.39, 0.29) is 31.5 Å². The van der Waals surface area contributed by atoms with Gasteiger partial charge in [0.05, 0.1) is 18.1 Å². The summed E-state index contributed by atoms with van der Waals surface area (Å²) in [6, 6.07) is 8.79. The monoisotopic (exact) mass is 385 g/mol. The number of amides is 1. The molecule has 8 heteroatoms. The van der Waals surface area contributed by atoms with Crippen LogP contribution in [0.4, 0.5) is 11.4 Å².